The number of anilines is 4. The molecule has 0 spiro atoms. The number of ether oxygens (including phenoxy) is 1. The summed E-state index contributed by atoms with van der Waals surface area (Å²) >= 11 is 0. The molecule has 1 saturated heterocycles. The molecule has 3 N–H and O–H groups in total. The van der Waals surface area contributed by atoms with Crippen LogP contribution in [0.5, 0.6) is 5.75 Å². The van der Waals surface area contributed by atoms with Crippen LogP contribution >= 0.6 is 0 Å². The molecule has 0 amide bonds. The van der Waals surface area contributed by atoms with Gasteiger partial charge in [0, 0.05) is 24.8 Å². The average Bonchev–Trinajstić information content (AvgIpc) is 3.53. The van der Waals surface area contributed by atoms with Crippen molar-refractivity contribution in [3.8, 4) is 5.75 Å². The molecular formula is C22H25F3N6O3S. The summed E-state index contributed by atoms with van der Waals surface area (Å²) in [6.45, 7) is 0.391. The molecule has 1 aliphatic heterocycles. The third-order valence-corrected chi connectivity index (χ3v) is 8.22. The fraction of sp³-hybridized carbons (Fsp3) is 0.455. The first-order chi connectivity index (χ1) is 16.7. The Bertz CT molecular complexity index is 1350. The van der Waals surface area contributed by atoms with Crippen molar-refractivity contribution in [2.75, 3.05) is 34.3 Å². The van der Waals surface area contributed by atoms with E-state index in [-0.39, 0.29) is 34.6 Å². The normalized spacial score (nSPS) is 18.3. The lowest BCUT2D eigenvalue weighted by Crippen LogP contribution is -2.25. The number of benzene rings is 1. The SMILES string of the molecule is COc1cc(N2CCCS2(=O)=O)ccc1Nc1nc(NC2CCCC2)c2c(C(F)(F)F)c[nH]c2n1. The summed E-state index contributed by atoms with van der Waals surface area (Å²) in [5.41, 5.74) is 0.146. The second-order valence-corrected chi connectivity index (χ2v) is 10.7. The van der Waals surface area contributed by atoms with Gasteiger partial charge in [-0.05, 0) is 31.4 Å². The zero-order valence-corrected chi connectivity index (χ0v) is 19.8. The molecule has 0 unspecified atom stereocenters. The maximum atomic E-state index is 13.6. The Kier molecular flexibility index (Phi) is 5.90. The van der Waals surface area contributed by atoms with Crippen LogP contribution < -0.4 is 19.7 Å². The van der Waals surface area contributed by atoms with E-state index in [4.69, 9.17) is 4.74 Å². The molecule has 2 aromatic heterocycles. The molecule has 35 heavy (non-hydrogen) atoms. The number of sulfonamides is 1. The highest BCUT2D eigenvalue weighted by Crippen LogP contribution is 2.39. The highest BCUT2D eigenvalue weighted by Gasteiger charge is 2.36. The Morgan fingerprint density at radius 1 is 1.17 bits per heavy atom. The molecule has 1 aromatic carbocycles. The van der Waals surface area contributed by atoms with Gasteiger partial charge in [-0.15, -0.1) is 0 Å². The lowest BCUT2D eigenvalue weighted by molar-refractivity contribution is -0.136. The summed E-state index contributed by atoms with van der Waals surface area (Å²) in [6.07, 6.45) is 0.611. The number of halogens is 3. The number of aromatic amines is 1. The van der Waals surface area contributed by atoms with Gasteiger partial charge in [0.25, 0.3) is 0 Å². The van der Waals surface area contributed by atoms with Gasteiger partial charge in [0.1, 0.15) is 17.2 Å². The Morgan fingerprint density at radius 3 is 2.60 bits per heavy atom. The van der Waals surface area contributed by atoms with Gasteiger partial charge < -0.3 is 20.4 Å². The van der Waals surface area contributed by atoms with Gasteiger partial charge in [0.2, 0.25) is 16.0 Å². The second-order valence-electron chi connectivity index (χ2n) is 8.70. The van der Waals surface area contributed by atoms with E-state index in [1.54, 1.807) is 18.2 Å². The molecule has 13 heteroatoms. The van der Waals surface area contributed by atoms with Crippen molar-refractivity contribution < 1.29 is 26.3 Å². The maximum absolute atomic E-state index is 13.6. The second kappa shape index (κ2) is 8.77. The van der Waals surface area contributed by atoms with Crippen molar-refractivity contribution in [1.29, 1.82) is 0 Å². The minimum absolute atomic E-state index is 0.0353. The first-order valence-electron chi connectivity index (χ1n) is 11.3. The van der Waals surface area contributed by atoms with E-state index < -0.39 is 21.8 Å². The van der Waals surface area contributed by atoms with E-state index in [0.29, 0.717) is 30.1 Å². The van der Waals surface area contributed by atoms with Crippen molar-refractivity contribution in [2.45, 2.75) is 44.3 Å². The molecule has 0 atom stereocenters. The summed E-state index contributed by atoms with van der Waals surface area (Å²) in [5, 5.41) is 6.09. The molecule has 2 aliphatic rings. The van der Waals surface area contributed by atoms with Gasteiger partial charge in [-0.25, -0.2) is 8.42 Å². The van der Waals surface area contributed by atoms with E-state index in [1.165, 1.54) is 11.4 Å². The van der Waals surface area contributed by atoms with Crippen molar-refractivity contribution in [3.05, 3.63) is 30.0 Å². The van der Waals surface area contributed by atoms with E-state index in [1.807, 2.05) is 0 Å². The molecule has 3 aromatic rings. The standard InChI is InChI=1S/C22H25F3N6O3S/c1-34-17-11-14(31-9-4-10-35(31,32)33)7-8-16(17)28-21-29-19-18(15(12-26-19)22(23,24)25)20(30-21)27-13-5-2-3-6-13/h7-8,11-13H,2-6,9-10H2,1H3,(H3,26,27,28,29,30). The zero-order chi connectivity index (χ0) is 24.8. The van der Waals surface area contributed by atoms with Crippen molar-refractivity contribution >= 4 is 44.2 Å². The fourth-order valence-corrected chi connectivity index (χ4v) is 6.23. The van der Waals surface area contributed by atoms with E-state index in [2.05, 4.69) is 25.6 Å². The molecule has 5 rings (SSSR count). The van der Waals surface area contributed by atoms with Crippen molar-refractivity contribution in [3.63, 3.8) is 0 Å². The van der Waals surface area contributed by atoms with Crippen molar-refractivity contribution in [1.82, 2.24) is 15.0 Å². The van der Waals surface area contributed by atoms with Gasteiger partial charge in [-0.1, -0.05) is 12.8 Å². The van der Waals surface area contributed by atoms with Gasteiger partial charge in [-0.2, -0.15) is 23.1 Å². The third-order valence-electron chi connectivity index (χ3n) is 6.35. The van der Waals surface area contributed by atoms with Crippen LogP contribution in [0.3, 0.4) is 0 Å². The monoisotopic (exact) mass is 510 g/mol. The van der Waals surface area contributed by atoms with Gasteiger partial charge in [0.15, 0.2) is 0 Å². The first kappa shape index (κ1) is 23.5. The molecule has 188 valence electrons. The Balaban J connectivity index is 1.51. The molecule has 3 heterocycles. The number of hydrogen-bond acceptors (Lipinski definition) is 7. The van der Waals surface area contributed by atoms with Crippen LogP contribution in [-0.2, 0) is 16.2 Å². The summed E-state index contributed by atoms with van der Waals surface area (Å²) < 4.78 is 72.2. The predicted octanol–water partition coefficient (Wildman–Crippen LogP) is 4.62. The molecule has 1 aliphatic carbocycles. The minimum atomic E-state index is -4.56. The average molecular weight is 511 g/mol. The summed E-state index contributed by atoms with van der Waals surface area (Å²) in [7, 11) is -1.91. The number of nitrogens with zero attached hydrogens (tertiary/aromatic N) is 3. The third kappa shape index (κ3) is 4.56. The van der Waals surface area contributed by atoms with Crippen LogP contribution in [0.25, 0.3) is 11.0 Å². The number of fused-ring (bicyclic) bond motifs is 1. The highest BCUT2D eigenvalue weighted by atomic mass is 32.2. The van der Waals surface area contributed by atoms with Gasteiger partial charge in [0.05, 0.1) is 35.2 Å². The quantitative estimate of drug-likeness (QED) is 0.444. The number of alkyl halides is 3. The minimum Gasteiger partial charge on any atom is -0.494 e. The summed E-state index contributed by atoms with van der Waals surface area (Å²) in [4.78, 5) is 11.3. The zero-order valence-electron chi connectivity index (χ0n) is 18.9. The lowest BCUT2D eigenvalue weighted by Gasteiger charge is -2.19. The predicted molar refractivity (Wildman–Crippen MR) is 127 cm³/mol. The number of hydrogen-bond donors (Lipinski definition) is 3. The van der Waals surface area contributed by atoms with Crippen LogP contribution in [0.15, 0.2) is 24.4 Å². The Labute approximate surface area is 200 Å². The summed E-state index contributed by atoms with van der Waals surface area (Å²) in [6, 6.07) is 4.90. The summed E-state index contributed by atoms with van der Waals surface area (Å²) in [5.74, 6) is 0.627. The number of methoxy groups -OCH3 is 1. The largest absolute Gasteiger partial charge is 0.494 e. The highest BCUT2D eigenvalue weighted by molar-refractivity contribution is 7.93. The fourth-order valence-electron chi connectivity index (χ4n) is 4.67. The van der Waals surface area contributed by atoms with E-state index in [0.717, 1.165) is 31.9 Å². The Morgan fingerprint density at radius 2 is 1.94 bits per heavy atom. The number of nitrogens with one attached hydrogen (secondary N) is 3. The molecule has 1 saturated carbocycles. The molecule has 0 radical (unpaired) electrons. The van der Waals surface area contributed by atoms with Crippen LogP contribution in [0.4, 0.5) is 36.3 Å². The molecule has 2 fully saturated rings. The number of aromatic nitrogens is 3. The lowest BCUT2D eigenvalue weighted by atomic mass is 10.2. The van der Waals surface area contributed by atoms with E-state index >= 15 is 0 Å². The van der Waals surface area contributed by atoms with Crippen LogP contribution in [0.2, 0.25) is 0 Å². The Hall–Kier alpha value is -3.22. The van der Waals surface area contributed by atoms with Crippen molar-refractivity contribution in [2.24, 2.45) is 0 Å². The van der Waals surface area contributed by atoms with E-state index in [9.17, 15) is 21.6 Å². The number of rotatable bonds is 6. The van der Waals surface area contributed by atoms with Crippen LogP contribution in [0.1, 0.15) is 37.7 Å². The number of H-pyrrole nitrogens is 1. The van der Waals surface area contributed by atoms with Gasteiger partial charge in [-0.3, -0.25) is 4.31 Å². The van der Waals surface area contributed by atoms with Gasteiger partial charge >= 0.3 is 6.18 Å². The topological polar surface area (TPSA) is 112 Å². The van der Waals surface area contributed by atoms with Crippen LogP contribution in [-0.4, -0.2) is 48.8 Å². The maximum Gasteiger partial charge on any atom is 0.418 e. The molecule has 0 bridgehead atoms. The van der Waals surface area contributed by atoms with Crippen LogP contribution in [0, 0.1) is 0 Å². The smallest absolute Gasteiger partial charge is 0.418 e. The molecular weight excluding hydrogens is 485 g/mol. The molecule has 9 nitrogen and oxygen atoms in total. The first-order valence-corrected chi connectivity index (χ1v) is 12.9.